The van der Waals surface area contributed by atoms with E-state index in [-0.39, 0.29) is 0 Å². The number of rotatable bonds is 6. The van der Waals surface area contributed by atoms with Crippen molar-refractivity contribution in [1.29, 1.82) is 0 Å². The van der Waals surface area contributed by atoms with Crippen LogP contribution >= 0.6 is 11.8 Å². The molecule has 4 nitrogen and oxygen atoms in total. The Morgan fingerprint density at radius 3 is 2.44 bits per heavy atom. The molecule has 25 heavy (non-hydrogen) atoms. The van der Waals surface area contributed by atoms with E-state index in [4.69, 9.17) is 0 Å². The molecular weight excluding hydrogens is 330 g/mol. The first-order valence-electron chi connectivity index (χ1n) is 9.60. The van der Waals surface area contributed by atoms with Crippen molar-refractivity contribution in [2.45, 2.75) is 42.8 Å². The Kier molecular flexibility index (Phi) is 7.19. The number of piperazine rings is 1. The predicted molar refractivity (Wildman–Crippen MR) is 106 cm³/mol. The molecule has 0 radical (unpaired) electrons. The molecule has 1 unspecified atom stereocenters. The molecule has 2 aliphatic rings. The van der Waals surface area contributed by atoms with E-state index in [9.17, 15) is 5.11 Å². The van der Waals surface area contributed by atoms with Gasteiger partial charge in [-0.1, -0.05) is 12.1 Å². The molecule has 0 bridgehead atoms. The van der Waals surface area contributed by atoms with E-state index in [0.29, 0.717) is 18.7 Å². The molecule has 0 saturated carbocycles. The maximum absolute atomic E-state index is 9.55. The maximum atomic E-state index is 9.55. The van der Waals surface area contributed by atoms with Crippen molar-refractivity contribution in [2.24, 2.45) is 0 Å². The van der Waals surface area contributed by atoms with Crippen molar-refractivity contribution in [3.8, 4) is 0 Å². The number of aliphatic hydroxyl groups excluding tert-OH is 1. The summed E-state index contributed by atoms with van der Waals surface area (Å²) < 4.78 is 0. The monoisotopic (exact) mass is 363 g/mol. The molecule has 5 heteroatoms. The molecule has 2 aliphatic heterocycles. The Hall–Kier alpha value is -0.590. The standard InChI is InChI=1S/C20H33N3OS/c1-21-10-7-18(8-11-21)23-13-12-22(16-19(23)9-14-24)15-17-3-5-20(25-2)6-4-17/h3-6,18-19,24H,7-16H2,1-2H3. The number of nitrogens with zero attached hydrogens (tertiary/aromatic N) is 3. The van der Waals surface area contributed by atoms with Crippen LogP contribution in [0.4, 0.5) is 0 Å². The van der Waals surface area contributed by atoms with E-state index in [1.54, 1.807) is 11.8 Å². The number of likely N-dealkylation sites (tertiary alicyclic amines) is 1. The van der Waals surface area contributed by atoms with Gasteiger partial charge >= 0.3 is 0 Å². The second kappa shape index (κ2) is 9.38. The summed E-state index contributed by atoms with van der Waals surface area (Å²) in [5.74, 6) is 0. The van der Waals surface area contributed by atoms with Crippen LogP contribution in [0, 0.1) is 0 Å². The Morgan fingerprint density at radius 1 is 1.08 bits per heavy atom. The number of hydrogen-bond acceptors (Lipinski definition) is 5. The minimum atomic E-state index is 0.296. The van der Waals surface area contributed by atoms with E-state index in [0.717, 1.165) is 32.6 Å². The van der Waals surface area contributed by atoms with Crippen LogP contribution in [0.3, 0.4) is 0 Å². The Bertz CT molecular complexity index is 516. The molecule has 1 N–H and O–H groups in total. The molecule has 2 fully saturated rings. The highest BCUT2D eigenvalue weighted by atomic mass is 32.2. The summed E-state index contributed by atoms with van der Waals surface area (Å²) in [5.41, 5.74) is 1.40. The first-order valence-corrected chi connectivity index (χ1v) is 10.8. The van der Waals surface area contributed by atoms with Gasteiger partial charge in [0.25, 0.3) is 0 Å². The molecule has 0 aliphatic carbocycles. The van der Waals surface area contributed by atoms with Crippen LogP contribution in [0.2, 0.25) is 0 Å². The Balaban J connectivity index is 1.58. The quantitative estimate of drug-likeness (QED) is 0.784. The van der Waals surface area contributed by atoms with Gasteiger partial charge in [-0.15, -0.1) is 11.8 Å². The smallest absolute Gasteiger partial charge is 0.0446 e. The number of aliphatic hydroxyl groups is 1. The zero-order chi connectivity index (χ0) is 17.6. The van der Waals surface area contributed by atoms with Crippen molar-refractivity contribution in [2.75, 3.05) is 52.6 Å². The third kappa shape index (κ3) is 5.20. The lowest BCUT2D eigenvalue weighted by molar-refractivity contribution is 0.00599. The van der Waals surface area contributed by atoms with Gasteiger partial charge in [0.2, 0.25) is 0 Å². The fraction of sp³-hybridized carbons (Fsp3) is 0.700. The molecular formula is C20H33N3OS. The third-order valence-electron chi connectivity index (χ3n) is 5.80. The zero-order valence-electron chi connectivity index (χ0n) is 15.7. The van der Waals surface area contributed by atoms with Crippen molar-refractivity contribution >= 4 is 11.8 Å². The van der Waals surface area contributed by atoms with Crippen LogP contribution in [-0.2, 0) is 6.54 Å². The van der Waals surface area contributed by atoms with Crippen LogP contribution in [0.25, 0.3) is 0 Å². The van der Waals surface area contributed by atoms with E-state index >= 15 is 0 Å². The van der Waals surface area contributed by atoms with Crippen LogP contribution < -0.4 is 0 Å². The molecule has 140 valence electrons. The molecule has 0 amide bonds. The number of piperidine rings is 1. The van der Waals surface area contributed by atoms with Crippen molar-refractivity contribution in [1.82, 2.24) is 14.7 Å². The van der Waals surface area contributed by atoms with Gasteiger partial charge in [0.15, 0.2) is 0 Å². The SMILES string of the molecule is CSc1ccc(CN2CCN(C3CCN(C)CC3)C(CCO)C2)cc1. The van der Waals surface area contributed by atoms with E-state index in [1.807, 2.05) is 0 Å². The summed E-state index contributed by atoms with van der Waals surface area (Å²) in [6.45, 7) is 7.09. The van der Waals surface area contributed by atoms with Gasteiger partial charge in [0, 0.05) is 49.8 Å². The van der Waals surface area contributed by atoms with Crippen LogP contribution in [0.5, 0.6) is 0 Å². The number of thioether (sulfide) groups is 1. The van der Waals surface area contributed by atoms with Gasteiger partial charge in [0.05, 0.1) is 0 Å². The van der Waals surface area contributed by atoms with Crippen LogP contribution in [0.1, 0.15) is 24.8 Å². The Morgan fingerprint density at radius 2 is 1.80 bits per heavy atom. The predicted octanol–water partition coefficient (Wildman–Crippen LogP) is 2.37. The molecule has 1 aromatic rings. The molecule has 0 aromatic heterocycles. The van der Waals surface area contributed by atoms with Gasteiger partial charge in [-0.25, -0.2) is 0 Å². The lowest BCUT2D eigenvalue weighted by atomic mass is 9.98. The highest BCUT2D eigenvalue weighted by Crippen LogP contribution is 2.24. The first kappa shape index (κ1) is 19.2. The molecule has 1 aromatic carbocycles. The summed E-state index contributed by atoms with van der Waals surface area (Å²) in [5, 5.41) is 9.55. The first-order chi connectivity index (χ1) is 12.2. The maximum Gasteiger partial charge on any atom is 0.0446 e. The fourth-order valence-electron chi connectivity index (χ4n) is 4.28. The van der Waals surface area contributed by atoms with E-state index in [1.165, 1.54) is 36.4 Å². The Labute approximate surface area is 157 Å². The molecule has 0 spiro atoms. The second-order valence-corrected chi connectivity index (χ2v) is 8.40. The minimum Gasteiger partial charge on any atom is -0.396 e. The highest BCUT2D eigenvalue weighted by molar-refractivity contribution is 7.98. The third-order valence-corrected chi connectivity index (χ3v) is 6.54. The van der Waals surface area contributed by atoms with Crippen molar-refractivity contribution in [3.05, 3.63) is 29.8 Å². The summed E-state index contributed by atoms with van der Waals surface area (Å²) in [6.07, 6.45) is 5.56. The molecule has 3 rings (SSSR count). The average Bonchev–Trinajstić information content (AvgIpc) is 2.64. The summed E-state index contributed by atoms with van der Waals surface area (Å²) in [6, 6.07) is 10.2. The average molecular weight is 364 g/mol. The molecule has 1 atom stereocenters. The topological polar surface area (TPSA) is 30.0 Å². The fourth-order valence-corrected chi connectivity index (χ4v) is 4.69. The zero-order valence-corrected chi connectivity index (χ0v) is 16.5. The number of hydrogen-bond donors (Lipinski definition) is 1. The van der Waals surface area contributed by atoms with E-state index < -0.39 is 0 Å². The van der Waals surface area contributed by atoms with Crippen molar-refractivity contribution in [3.63, 3.8) is 0 Å². The lowest BCUT2D eigenvalue weighted by Gasteiger charge is -2.47. The summed E-state index contributed by atoms with van der Waals surface area (Å²) >= 11 is 1.80. The van der Waals surface area contributed by atoms with Gasteiger partial charge in [-0.2, -0.15) is 0 Å². The summed E-state index contributed by atoms with van der Waals surface area (Å²) in [4.78, 5) is 9.04. The van der Waals surface area contributed by atoms with Gasteiger partial charge in [0.1, 0.15) is 0 Å². The van der Waals surface area contributed by atoms with Gasteiger partial charge in [-0.05, 0) is 63.4 Å². The lowest BCUT2D eigenvalue weighted by Crippen LogP contribution is -2.58. The minimum absolute atomic E-state index is 0.296. The number of benzene rings is 1. The normalized spacial score (nSPS) is 24.7. The van der Waals surface area contributed by atoms with Gasteiger partial charge < -0.3 is 10.0 Å². The van der Waals surface area contributed by atoms with Crippen molar-refractivity contribution < 1.29 is 5.11 Å². The van der Waals surface area contributed by atoms with E-state index in [2.05, 4.69) is 52.3 Å². The second-order valence-electron chi connectivity index (χ2n) is 7.52. The molecule has 2 heterocycles. The molecule has 2 saturated heterocycles. The largest absolute Gasteiger partial charge is 0.396 e. The summed E-state index contributed by atoms with van der Waals surface area (Å²) in [7, 11) is 2.22. The van der Waals surface area contributed by atoms with Gasteiger partial charge in [-0.3, -0.25) is 9.80 Å². The van der Waals surface area contributed by atoms with Crippen LogP contribution in [-0.4, -0.2) is 84.5 Å². The van der Waals surface area contributed by atoms with Crippen LogP contribution in [0.15, 0.2) is 29.2 Å². The highest BCUT2D eigenvalue weighted by Gasteiger charge is 2.32.